The molecule has 0 fully saturated rings. The summed E-state index contributed by atoms with van der Waals surface area (Å²) in [6.45, 7) is 9.67. The van der Waals surface area contributed by atoms with Crippen LogP contribution in [0.15, 0.2) is 36.4 Å². The van der Waals surface area contributed by atoms with Crippen molar-refractivity contribution < 1.29 is 14.3 Å². The van der Waals surface area contributed by atoms with E-state index in [0.29, 0.717) is 18.0 Å². The van der Waals surface area contributed by atoms with Crippen LogP contribution in [0.25, 0.3) is 0 Å². The molecule has 5 nitrogen and oxygen atoms in total. The normalized spacial score (nSPS) is 10.3. The third-order valence-corrected chi connectivity index (χ3v) is 4.08. The lowest BCUT2D eigenvalue weighted by molar-refractivity contribution is -0.120. The quantitative estimate of drug-likeness (QED) is 0.853. The standard InChI is InChI=1S/C21H26N2O3/c1-6-26-19-10-8-7-9-18(19)23(17(5)24)13-20(25)22-21-15(3)11-14(2)12-16(21)4/h7-12H,6,13H2,1-5H3,(H,22,25). The summed E-state index contributed by atoms with van der Waals surface area (Å²) >= 11 is 0. The zero-order valence-corrected chi connectivity index (χ0v) is 16.1. The number of hydrogen-bond donors (Lipinski definition) is 1. The number of para-hydroxylation sites is 2. The van der Waals surface area contributed by atoms with E-state index in [-0.39, 0.29) is 18.4 Å². The number of benzene rings is 2. The van der Waals surface area contributed by atoms with Crippen LogP contribution in [-0.4, -0.2) is 25.0 Å². The fourth-order valence-electron chi connectivity index (χ4n) is 3.02. The van der Waals surface area contributed by atoms with Crippen LogP contribution in [0.5, 0.6) is 5.75 Å². The molecule has 0 heterocycles. The van der Waals surface area contributed by atoms with Crippen LogP contribution in [0.4, 0.5) is 11.4 Å². The number of ether oxygens (including phenoxy) is 1. The third-order valence-electron chi connectivity index (χ3n) is 4.08. The number of anilines is 2. The Hall–Kier alpha value is -2.82. The van der Waals surface area contributed by atoms with Gasteiger partial charge in [-0.1, -0.05) is 29.8 Å². The molecule has 0 saturated heterocycles. The first-order valence-electron chi connectivity index (χ1n) is 8.71. The molecule has 2 aromatic rings. The highest BCUT2D eigenvalue weighted by Crippen LogP contribution is 2.28. The van der Waals surface area contributed by atoms with Gasteiger partial charge in [0.1, 0.15) is 12.3 Å². The van der Waals surface area contributed by atoms with Crippen LogP contribution in [0.1, 0.15) is 30.5 Å². The maximum absolute atomic E-state index is 12.6. The number of hydrogen-bond acceptors (Lipinski definition) is 3. The summed E-state index contributed by atoms with van der Waals surface area (Å²) in [5, 5.41) is 2.94. The summed E-state index contributed by atoms with van der Waals surface area (Å²) in [7, 11) is 0. The van der Waals surface area contributed by atoms with Gasteiger partial charge in [0.05, 0.1) is 12.3 Å². The molecule has 1 N–H and O–H groups in total. The maximum atomic E-state index is 12.6. The monoisotopic (exact) mass is 354 g/mol. The molecular formula is C21H26N2O3. The first-order valence-corrected chi connectivity index (χ1v) is 8.71. The van der Waals surface area contributed by atoms with Crippen LogP contribution >= 0.6 is 0 Å². The predicted molar refractivity (Wildman–Crippen MR) is 105 cm³/mol. The SMILES string of the molecule is CCOc1ccccc1N(CC(=O)Nc1c(C)cc(C)cc1C)C(C)=O. The Kier molecular flexibility index (Phi) is 6.39. The van der Waals surface area contributed by atoms with E-state index in [0.717, 1.165) is 22.4 Å². The van der Waals surface area contributed by atoms with Gasteiger partial charge in [-0.2, -0.15) is 0 Å². The largest absolute Gasteiger partial charge is 0.492 e. The Morgan fingerprint density at radius 2 is 1.69 bits per heavy atom. The average molecular weight is 354 g/mol. The van der Waals surface area contributed by atoms with Gasteiger partial charge in [-0.3, -0.25) is 14.5 Å². The Balaban J connectivity index is 2.24. The minimum atomic E-state index is -0.249. The average Bonchev–Trinajstić information content (AvgIpc) is 2.57. The Morgan fingerprint density at radius 1 is 1.08 bits per heavy atom. The molecule has 0 aliphatic heterocycles. The second-order valence-electron chi connectivity index (χ2n) is 6.33. The van der Waals surface area contributed by atoms with Crippen LogP contribution in [0.2, 0.25) is 0 Å². The second-order valence-corrected chi connectivity index (χ2v) is 6.33. The number of rotatable bonds is 6. The molecule has 2 aromatic carbocycles. The minimum absolute atomic E-state index is 0.0772. The fraction of sp³-hybridized carbons (Fsp3) is 0.333. The van der Waals surface area contributed by atoms with Gasteiger partial charge in [0, 0.05) is 12.6 Å². The number of nitrogens with zero attached hydrogens (tertiary/aromatic N) is 1. The van der Waals surface area contributed by atoms with Gasteiger partial charge >= 0.3 is 0 Å². The van der Waals surface area contributed by atoms with Crippen molar-refractivity contribution in [3.63, 3.8) is 0 Å². The van der Waals surface area contributed by atoms with Crippen molar-refractivity contribution in [1.29, 1.82) is 0 Å². The molecule has 0 unspecified atom stereocenters. The Morgan fingerprint density at radius 3 is 2.27 bits per heavy atom. The molecule has 0 aromatic heterocycles. The smallest absolute Gasteiger partial charge is 0.244 e. The molecule has 2 rings (SSSR count). The molecule has 0 radical (unpaired) electrons. The first kappa shape index (κ1) is 19.5. The van der Waals surface area contributed by atoms with Gasteiger partial charge in [-0.25, -0.2) is 0 Å². The summed E-state index contributed by atoms with van der Waals surface area (Å²) < 4.78 is 5.59. The van der Waals surface area contributed by atoms with E-state index in [1.54, 1.807) is 12.1 Å². The van der Waals surface area contributed by atoms with Gasteiger partial charge in [0.2, 0.25) is 11.8 Å². The molecule has 0 spiro atoms. The van der Waals surface area contributed by atoms with Crippen molar-refractivity contribution in [2.45, 2.75) is 34.6 Å². The molecule has 0 bridgehead atoms. The lowest BCUT2D eigenvalue weighted by Gasteiger charge is -2.23. The molecule has 2 amide bonds. The van der Waals surface area contributed by atoms with Crippen molar-refractivity contribution in [3.05, 3.63) is 53.1 Å². The van der Waals surface area contributed by atoms with Gasteiger partial charge in [0.25, 0.3) is 0 Å². The minimum Gasteiger partial charge on any atom is -0.492 e. The molecule has 0 aliphatic rings. The molecule has 5 heteroatoms. The van der Waals surface area contributed by atoms with E-state index < -0.39 is 0 Å². The number of amides is 2. The molecule has 0 saturated carbocycles. The van der Waals surface area contributed by atoms with Crippen LogP contribution in [0.3, 0.4) is 0 Å². The highest BCUT2D eigenvalue weighted by atomic mass is 16.5. The predicted octanol–water partition coefficient (Wildman–Crippen LogP) is 4.00. The number of carbonyl (C=O) groups excluding carboxylic acids is 2. The Bertz CT molecular complexity index is 792. The van der Waals surface area contributed by atoms with Crippen molar-refractivity contribution in [1.82, 2.24) is 0 Å². The van der Waals surface area contributed by atoms with Crippen LogP contribution < -0.4 is 15.0 Å². The Labute approximate surface area is 155 Å². The fourth-order valence-corrected chi connectivity index (χ4v) is 3.02. The van der Waals surface area contributed by atoms with Gasteiger partial charge in [-0.15, -0.1) is 0 Å². The summed E-state index contributed by atoms with van der Waals surface area (Å²) in [6.07, 6.45) is 0. The zero-order chi connectivity index (χ0) is 19.3. The summed E-state index contributed by atoms with van der Waals surface area (Å²) in [4.78, 5) is 26.2. The van der Waals surface area contributed by atoms with E-state index in [4.69, 9.17) is 4.74 Å². The highest BCUT2D eigenvalue weighted by Gasteiger charge is 2.20. The molecule has 26 heavy (non-hydrogen) atoms. The first-order chi connectivity index (χ1) is 12.3. The number of nitrogens with one attached hydrogen (secondary N) is 1. The van der Waals surface area contributed by atoms with E-state index in [1.807, 2.05) is 52.0 Å². The molecule has 138 valence electrons. The van der Waals surface area contributed by atoms with Gasteiger partial charge in [0.15, 0.2) is 0 Å². The molecule has 0 aliphatic carbocycles. The van der Waals surface area contributed by atoms with E-state index >= 15 is 0 Å². The highest BCUT2D eigenvalue weighted by molar-refractivity contribution is 6.03. The van der Waals surface area contributed by atoms with Crippen molar-refractivity contribution >= 4 is 23.2 Å². The van der Waals surface area contributed by atoms with Crippen molar-refractivity contribution in [2.24, 2.45) is 0 Å². The van der Waals surface area contributed by atoms with Gasteiger partial charge in [-0.05, 0) is 51.0 Å². The number of aryl methyl sites for hydroxylation is 3. The second kappa shape index (κ2) is 8.52. The third kappa shape index (κ3) is 4.63. The molecule has 0 atom stereocenters. The number of carbonyl (C=O) groups is 2. The molecular weight excluding hydrogens is 328 g/mol. The summed E-state index contributed by atoms with van der Waals surface area (Å²) in [5.41, 5.74) is 4.53. The maximum Gasteiger partial charge on any atom is 0.244 e. The van der Waals surface area contributed by atoms with E-state index in [9.17, 15) is 9.59 Å². The summed E-state index contributed by atoms with van der Waals surface area (Å²) in [5.74, 6) is 0.118. The van der Waals surface area contributed by atoms with Crippen LogP contribution in [0, 0.1) is 20.8 Å². The zero-order valence-electron chi connectivity index (χ0n) is 16.1. The van der Waals surface area contributed by atoms with Crippen LogP contribution in [-0.2, 0) is 9.59 Å². The van der Waals surface area contributed by atoms with Crippen molar-refractivity contribution in [2.75, 3.05) is 23.4 Å². The van der Waals surface area contributed by atoms with E-state index in [2.05, 4.69) is 5.32 Å². The summed E-state index contributed by atoms with van der Waals surface area (Å²) in [6, 6.07) is 11.3. The lowest BCUT2D eigenvalue weighted by atomic mass is 10.1. The van der Waals surface area contributed by atoms with Crippen molar-refractivity contribution in [3.8, 4) is 5.75 Å². The van der Waals surface area contributed by atoms with E-state index in [1.165, 1.54) is 11.8 Å². The van der Waals surface area contributed by atoms with Gasteiger partial charge < -0.3 is 10.1 Å². The lowest BCUT2D eigenvalue weighted by Crippen LogP contribution is -2.37. The topological polar surface area (TPSA) is 58.6 Å².